The number of aromatic nitrogens is 2. The highest BCUT2D eigenvalue weighted by Crippen LogP contribution is 2.08. The molecule has 94 valence electrons. The van der Waals surface area contributed by atoms with Gasteiger partial charge in [0, 0.05) is 24.3 Å². The summed E-state index contributed by atoms with van der Waals surface area (Å²) in [7, 11) is 1.91. The van der Waals surface area contributed by atoms with Crippen LogP contribution < -0.4 is 10.7 Å². The standard InChI is InChI=1S/C11H19N5S/c1-7(2)13-11(17)14-12-6-10-8(3)15-16(5)9(10)4/h6-7H,1-5H3,(H2,13,14,17)/b12-6-. The fourth-order valence-corrected chi connectivity index (χ4v) is 1.72. The van der Waals surface area contributed by atoms with Crippen LogP contribution in [0.25, 0.3) is 0 Å². The van der Waals surface area contributed by atoms with Crippen molar-refractivity contribution in [3.8, 4) is 0 Å². The minimum atomic E-state index is 0.298. The van der Waals surface area contributed by atoms with Crippen molar-refractivity contribution >= 4 is 23.5 Å². The molecule has 2 N–H and O–H groups in total. The smallest absolute Gasteiger partial charge is 0.187 e. The average Bonchev–Trinajstić information content (AvgIpc) is 2.43. The summed E-state index contributed by atoms with van der Waals surface area (Å²) in [5.41, 5.74) is 5.84. The Morgan fingerprint density at radius 3 is 2.59 bits per heavy atom. The predicted octanol–water partition coefficient (Wildman–Crippen LogP) is 1.24. The summed E-state index contributed by atoms with van der Waals surface area (Å²) in [5.74, 6) is 0. The molecule has 17 heavy (non-hydrogen) atoms. The number of thiocarbonyl (C=S) groups is 1. The molecule has 1 aromatic rings. The maximum Gasteiger partial charge on any atom is 0.187 e. The summed E-state index contributed by atoms with van der Waals surface area (Å²) in [6.07, 6.45) is 1.74. The van der Waals surface area contributed by atoms with Gasteiger partial charge in [-0.2, -0.15) is 10.2 Å². The molecule has 0 radical (unpaired) electrons. The molecule has 0 spiro atoms. The van der Waals surface area contributed by atoms with Crippen LogP contribution in [-0.4, -0.2) is 27.1 Å². The quantitative estimate of drug-likeness (QED) is 0.483. The molecule has 5 nitrogen and oxygen atoms in total. The molecule has 1 aromatic heterocycles. The van der Waals surface area contributed by atoms with E-state index in [0.29, 0.717) is 11.2 Å². The zero-order valence-electron chi connectivity index (χ0n) is 10.9. The summed E-state index contributed by atoms with van der Waals surface area (Å²) < 4.78 is 1.83. The van der Waals surface area contributed by atoms with Crippen molar-refractivity contribution in [1.82, 2.24) is 20.5 Å². The first kappa shape index (κ1) is 13.6. The molecular weight excluding hydrogens is 234 g/mol. The summed E-state index contributed by atoms with van der Waals surface area (Å²) in [6, 6.07) is 0.298. The van der Waals surface area contributed by atoms with Gasteiger partial charge in [0.05, 0.1) is 11.9 Å². The molecule has 0 atom stereocenters. The summed E-state index contributed by atoms with van der Waals surface area (Å²) in [5, 5.41) is 12.0. The molecule has 0 aliphatic heterocycles. The Balaban J connectivity index is 2.62. The number of nitrogens with zero attached hydrogens (tertiary/aromatic N) is 3. The van der Waals surface area contributed by atoms with Gasteiger partial charge in [0.15, 0.2) is 5.11 Å². The number of nitrogens with one attached hydrogen (secondary N) is 2. The zero-order chi connectivity index (χ0) is 13.0. The second-order valence-electron chi connectivity index (χ2n) is 4.21. The molecule has 1 heterocycles. The minimum absolute atomic E-state index is 0.298. The van der Waals surface area contributed by atoms with Crippen molar-refractivity contribution < 1.29 is 0 Å². The van der Waals surface area contributed by atoms with Crippen molar-refractivity contribution in [2.45, 2.75) is 33.7 Å². The predicted molar refractivity (Wildman–Crippen MR) is 74.3 cm³/mol. The normalized spacial score (nSPS) is 11.2. The molecule has 0 fully saturated rings. The maximum atomic E-state index is 5.06. The Morgan fingerprint density at radius 1 is 1.47 bits per heavy atom. The number of hydrogen-bond donors (Lipinski definition) is 2. The van der Waals surface area contributed by atoms with Gasteiger partial charge in [-0.25, -0.2) is 0 Å². The molecule has 0 amide bonds. The summed E-state index contributed by atoms with van der Waals surface area (Å²) >= 11 is 5.06. The fraction of sp³-hybridized carbons (Fsp3) is 0.545. The molecule has 0 aliphatic rings. The van der Waals surface area contributed by atoms with Crippen LogP contribution in [0, 0.1) is 13.8 Å². The van der Waals surface area contributed by atoms with Crippen LogP contribution in [0.4, 0.5) is 0 Å². The summed E-state index contributed by atoms with van der Waals surface area (Å²) in [4.78, 5) is 0. The van der Waals surface area contributed by atoms with E-state index >= 15 is 0 Å². The van der Waals surface area contributed by atoms with E-state index < -0.39 is 0 Å². The van der Waals surface area contributed by atoms with Crippen LogP contribution in [0.2, 0.25) is 0 Å². The lowest BCUT2D eigenvalue weighted by atomic mass is 10.2. The third-order valence-electron chi connectivity index (χ3n) is 2.34. The van der Waals surface area contributed by atoms with Crippen molar-refractivity contribution in [1.29, 1.82) is 0 Å². The van der Waals surface area contributed by atoms with Crippen LogP contribution in [0.5, 0.6) is 0 Å². The monoisotopic (exact) mass is 253 g/mol. The van der Waals surface area contributed by atoms with E-state index in [4.69, 9.17) is 12.2 Å². The van der Waals surface area contributed by atoms with E-state index in [1.807, 2.05) is 39.4 Å². The van der Waals surface area contributed by atoms with Crippen molar-refractivity contribution in [2.24, 2.45) is 12.1 Å². The largest absolute Gasteiger partial charge is 0.359 e. The average molecular weight is 253 g/mol. The summed E-state index contributed by atoms with van der Waals surface area (Å²) in [6.45, 7) is 8.01. The van der Waals surface area contributed by atoms with Gasteiger partial charge in [-0.05, 0) is 39.9 Å². The molecule has 6 heteroatoms. The zero-order valence-corrected chi connectivity index (χ0v) is 11.7. The molecule has 0 bridgehead atoms. The van der Waals surface area contributed by atoms with Gasteiger partial charge in [-0.3, -0.25) is 10.1 Å². The van der Waals surface area contributed by atoms with Gasteiger partial charge in [-0.15, -0.1) is 0 Å². The first-order chi connectivity index (χ1) is 7.91. The number of hydrazone groups is 1. The van der Waals surface area contributed by atoms with E-state index in [-0.39, 0.29) is 0 Å². The van der Waals surface area contributed by atoms with E-state index in [9.17, 15) is 0 Å². The van der Waals surface area contributed by atoms with Crippen LogP contribution in [0.1, 0.15) is 30.8 Å². The van der Waals surface area contributed by atoms with Crippen LogP contribution >= 0.6 is 12.2 Å². The highest BCUT2D eigenvalue weighted by molar-refractivity contribution is 7.80. The van der Waals surface area contributed by atoms with Crippen LogP contribution in [-0.2, 0) is 7.05 Å². The first-order valence-corrected chi connectivity index (χ1v) is 5.92. The molecule has 0 unspecified atom stereocenters. The second kappa shape index (κ2) is 5.77. The number of rotatable bonds is 3. The van der Waals surface area contributed by atoms with E-state index in [0.717, 1.165) is 17.0 Å². The number of aryl methyl sites for hydroxylation is 2. The Morgan fingerprint density at radius 2 is 2.12 bits per heavy atom. The van der Waals surface area contributed by atoms with Crippen LogP contribution in [0.15, 0.2) is 5.10 Å². The SMILES string of the molecule is Cc1nn(C)c(C)c1/C=N\NC(=S)NC(C)C. The van der Waals surface area contributed by atoms with Gasteiger partial charge in [0.25, 0.3) is 0 Å². The topological polar surface area (TPSA) is 54.2 Å². The molecular formula is C11H19N5S. The van der Waals surface area contributed by atoms with E-state index in [1.165, 1.54) is 0 Å². The lowest BCUT2D eigenvalue weighted by molar-refractivity contribution is 0.719. The lowest BCUT2D eigenvalue weighted by Crippen LogP contribution is -2.36. The Labute approximate surface area is 107 Å². The molecule has 0 saturated heterocycles. The fourth-order valence-electron chi connectivity index (χ4n) is 1.43. The highest BCUT2D eigenvalue weighted by Gasteiger charge is 2.06. The Hall–Kier alpha value is -1.43. The van der Waals surface area contributed by atoms with Gasteiger partial charge >= 0.3 is 0 Å². The second-order valence-corrected chi connectivity index (χ2v) is 4.61. The first-order valence-electron chi connectivity index (χ1n) is 5.51. The van der Waals surface area contributed by atoms with Crippen molar-refractivity contribution in [2.75, 3.05) is 0 Å². The van der Waals surface area contributed by atoms with Gasteiger partial charge in [-0.1, -0.05) is 0 Å². The van der Waals surface area contributed by atoms with Gasteiger partial charge < -0.3 is 5.32 Å². The Bertz CT molecular complexity index is 433. The number of hydrogen-bond acceptors (Lipinski definition) is 3. The van der Waals surface area contributed by atoms with Gasteiger partial charge in [0.1, 0.15) is 0 Å². The van der Waals surface area contributed by atoms with Crippen molar-refractivity contribution in [3.63, 3.8) is 0 Å². The molecule has 0 aliphatic carbocycles. The van der Waals surface area contributed by atoms with Gasteiger partial charge in [0.2, 0.25) is 0 Å². The molecule has 0 aromatic carbocycles. The molecule has 1 rings (SSSR count). The maximum absolute atomic E-state index is 5.06. The van der Waals surface area contributed by atoms with E-state index in [1.54, 1.807) is 6.21 Å². The van der Waals surface area contributed by atoms with E-state index in [2.05, 4.69) is 20.9 Å². The van der Waals surface area contributed by atoms with Crippen LogP contribution in [0.3, 0.4) is 0 Å². The molecule has 0 saturated carbocycles. The van der Waals surface area contributed by atoms with Crippen molar-refractivity contribution in [3.05, 3.63) is 17.0 Å². The highest BCUT2D eigenvalue weighted by atomic mass is 32.1. The third-order valence-corrected chi connectivity index (χ3v) is 2.55. The minimum Gasteiger partial charge on any atom is -0.359 e. The lowest BCUT2D eigenvalue weighted by Gasteiger charge is -2.09. The Kier molecular flexibility index (Phi) is 4.62. The third kappa shape index (κ3) is 3.81.